The number of hydrogen-bond donors (Lipinski definition) is 4. The van der Waals surface area contributed by atoms with E-state index in [0.29, 0.717) is 25.7 Å². The van der Waals surface area contributed by atoms with Crippen LogP contribution in [0.4, 0.5) is 0 Å². The molecule has 12 nitrogen and oxygen atoms in total. The normalized spacial score (nSPS) is 21.3. The maximum absolute atomic E-state index is 12.7. The number of unbranched alkanes of at least 4 members (excludes halogenated alkanes) is 2. The summed E-state index contributed by atoms with van der Waals surface area (Å²) in [6, 6.07) is 0. The molecule has 0 bridgehead atoms. The Morgan fingerprint density at radius 3 is 1.56 bits per heavy atom. The molecule has 0 radical (unpaired) electrons. The molecule has 0 aromatic heterocycles. The number of carbonyl (C=O) groups excluding carboxylic acids is 2. The van der Waals surface area contributed by atoms with Crippen LogP contribution in [0.5, 0.6) is 0 Å². The fraction of sp³-hybridized carbons (Fsp3) is 0.500. The third-order valence-electron chi connectivity index (χ3n) is 8.60. The van der Waals surface area contributed by atoms with Gasteiger partial charge in [0.1, 0.15) is 36.8 Å². The highest BCUT2D eigenvalue weighted by Crippen LogP contribution is 2.23. The number of esters is 2. The molecule has 0 aromatic rings. The first kappa shape index (κ1) is 54.8. The molecule has 0 aromatic carbocycles. The largest absolute Gasteiger partial charge is 0.462 e. The summed E-state index contributed by atoms with van der Waals surface area (Å²) in [5, 5.41) is 30.8. The summed E-state index contributed by atoms with van der Waals surface area (Å²) in [7, 11) is -4.63. The van der Waals surface area contributed by atoms with Crippen molar-refractivity contribution in [1.82, 2.24) is 0 Å². The van der Waals surface area contributed by atoms with Gasteiger partial charge in [0.05, 0.1) is 6.61 Å². The van der Waals surface area contributed by atoms with Crippen LogP contribution < -0.4 is 0 Å². The van der Waals surface area contributed by atoms with E-state index in [2.05, 4.69) is 80.7 Å². The molecule has 1 heterocycles. The van der Waals surface area contributed by atoms with Gasteiger partial charge in [0.15, 0.2) is 12.4 Å². The van der Waals surface area contributed by atoms with Gasteiger partial charge in [0.25, 0.3) is 10.1 Å². The molecule has 1 aliphatic heterocycles. The number of aliphatic hydroxyl groups excluding tert-OH is 3. The number of ether oxygens (including phenoxy) is 4. The minimum absolute atomic E-state index is 0.0460. The van der Waals surface area contributed by atoms with Crippen LogP contribution in [0, 0.1) is 0 Å². The molecule has 6 atom stereocenters. The molecule has 1 saturated heterocycles. The second-order valence-corrected chi connectivity index (χ2v) is 15.5. The summed E-state index contributed by atoms with van der Waals surface area (Å²) >= 11 is 0. The number of aliphatic hydroxyl groups is 3. The van der Waals surface area contributed by atoms with E-state index >= 15 is 0 Å². The second-order valence-electron chi connectivity index (χ2n) is 14.0. The van der Waals surface area contributed by atoms with Crippen molar-refractivity contribution in [1.29, 1.82) is 0 Å². The predicted octanol–water partition coefficient (Wildman–Crippen LogP) is 8.38. The van der Waals surface area contributed by atoms with Crippen LogP contribution in [0.2, 0.25) is 0 Å². The van der Waals surface area contributed by atoms with E-state index in [0.717, 1.165) is 44.9 Å². The van der Waals surface area contributed by atoms with Crippen LogP contribution in [-0.4, -0.2) is 96.0 Å². The molecular weight excluding hydrogens is 801 g/mol. The molecular formula is C48H70O12S. The van der Waals surface area contributed by atoms with E-state index in [-0.39, 0.29) is 19.4 Å². The van der Waals surface area contributed by atoms with Crippen LogP contribution in [0.3, 0.4) is 0 Å². The minimum Gasteiger partial charge on any atom is -0.462 e. The predicted molar refractivity (Wildman–Crippen MR) is 242 cm³/mol. The molecule has 0 spiro atoms. The lowest BCUT2D eigenvalue weighted by atomic mass is 10.00. The Bertz CT molecular complexity index is 1630. The molecule has 61 heavy (non-hydrogen) atoms. The molecule has 1 rings (SSSR count). The second kappa shape index (κ2) is 36.4. The Labute approximate surface area is 364 Å². The van der Waals surface area contributed by atoms with E-state index in [4.69, 9.17) is 18.9 Å². The summed E-state index contributed by atoms with van der Waals surface area (Å²) in [5.41, 5.74) is 0. The summed E-state index contributed by atoms with van der Waals surface area (Å²) in [5.74, 6) is -2.19. The first-order valence-corrected chi connectivity index (χ1v) is 22.9. The zero-order chi connectivity index (χ0) is 44.8. The van der Waals surface area contributed by atoms with Gasteiger partial charge in [-0.3, -0.25) is 14.1 Å². The molecule has 0 saturated carbocycles. The average molecular weight is 871 g/mol. The van der Waals surface area contributed by atoms with Crippen LogP contribution in [0.1, 0.15) is 97.3 Å². The molecule has 13 heteroatoms. The lowest BCUT2D eigenvalue weighted by molar-refractivity contribution is -0.297. The smallest absolute Gasteiger partial charge is 0.306 e. The number of rotatable bonds is 32. The van der Waals surface area contributed by atoms with E-state index in [1.54, 1.807) is 0 Å². The van der Waals surface area contributed by atoms with Gasteiger partial charge < -0.3 is 34.3 Å². The van der Waals surface area contributed by atoms with E-state index in [1.165, 1.54) is 0 Å². The van der Waals surface area contributed by atoms with Crippen molar-refractivity contribution in [3.63, 3.8) is 0 Å². The Kier molecular flexibility index (Phi) is 32.7. The maximum Gasteiger partial charge on any atom is 0.306 e. The van der Waals surface area contributed by atoms with Crippen molar-refractivity contribution in [3.05, 3.63) is 134 Å². The molecule has 1 fully saturated rings. The quantitative estimate of drug-likeness (QED) is 0.0167. The fourth-order valence-corrected chi connectivity index (χ4v) is 6.05. The average Bonchev–Trinajstić information content (AvgIpc) is 3.22. The van der Waals surface area contributed by atoms with Gasteiger partial charge >= 0.3 is 11.9 Å². The first-order chi connectivity index (χ1) is 29.5. The highest BCUT2D eigenvalue weighted by molar-refractivity contribution is 7.85. The number of allylic oxidation sites excluding steroid dienone is 22. The Balaban J connectivity index is 2.56. The molecule has 340 valence electrons. The Morgan fingerprint density at radius 1 is 0.574 bits per heavy atom. The van der Waals surface area contributed by atoms with Gasteiger partial charge in [-0.2, -0.15) is 8.42 Å². The fourth-order valence-electron chi connectivity index (χ4n) is 5.36. The van der Waals surface area contributed by atoms with E-state index in [1.807, 2.05) is 66.8 Å². The standard InChI is InChI=1S/C48H70O12S/c1-3-5-7-9-11-13-15-17-18-19-20-21-22-23-25-26-28-30-32-34-36-43(49)57-38-41(39-58-48-47(53)46(52)45(51)42(60-48)40-61(54,55)56)59-44(50)37-35-33-31-29-27-24-16-14-12-10-8-6-4-2/h5-8,10-14,16-18,20-21,23-25,27-31,41-42,45-48,51-53H,3-4,9,15,19,22,26,32-40H2,1-2H3,(H,54,55,56)/b7-5+,8-6+,12-10+,13-11+,16-14+,18-17+,21-20+,25-23+,27-24+,30-28+,31-29+/t41?,42-,45-,46?,47?,48+/m1/s1. The van der Waals surface area contributed by atoms with Gasteiger partial charge in [-0.05, 0) is 70.6 Å². The van der Waals surface area contributed by atoms with Gasteiger partial charge in [-0.15, -0.1) is 0 Å². The molecule has 1 aliphatic rings. The van der Waals surface area contributed by atoms with Crippen molar-refractivity contribution in [2.24, 2.45) is 0 Å². The van der Waals surface area contributed by atoms with Crippen LogP contribution in [0.25, 0.3) is 0 Å². The number of carbonyl (C=O) groups is 2. The topological polar surface area (TPSA) is 186 Å². The SMILES string of the molecule is CC/C=C/C=C/C=C/C=C/C=C/CCCC(=O)OC(COC(=O)CCC/C=C/C/C=C/C/C=C/C/C=C/C/C=C/C/C=C/CC)CO[C@H]1O[C@H](CS(=O)(=O)O)[C@@H](O)C(O)C1O. The third-order valence-corrected chi connectivity index (χ3v) is 9.35. The first-order valence-electron chi connectivity index (χ1n) is 21.3. The Hall–Kier alpha value is -4.21. The Morgan fingerprint density at radius 2 is 1.03 bits per heavy atom. The molecule has 3 unspecified atom stereocenters. The lowest BCUT2D eigenvalue weighted by Gasteiger charge is -2.40. The zero-order valence-electron chi connectivity index (χ0n) is 35.9. The van der Waals surface area contributed by atoms with Gasteiger partial charge in [0, 0.05) is 12.8 Å². The van der Waals surface area contributed by atoms with Crippen molar-refractivity contribution < 1.29 is 56.8 Å². The van der Waals surface area contributed by atoms with Crippen molar-refractivity contribution in [3.8, 4) is 0 Å². The zero-order valence-corrected chi connectivity index (χ0v) is 36.8. The van der Waals surface area contributed by atoms with E-state index in [9.17, 15) is 37.9 Å². The van der Waals surface area contributed by atoms with Crippen LogP contribution in [0.15, 0.2) is 134 Å². The highest BCUT2D eigenvalue weighted by atomic mass is 32.2. The molecule has 0 aliphatic carbocycles. The van der Waals surface area contributed by atoms with Gasteiger partial charge in [0.2, 0.25) is 0 Å². The monoisotopic (exact) mass is 870 g/mol. The van der Waals surface area contributed by atoms with Gasteiger partial charge in [-0.1, -0.05) is 148 Å². The summed E-state index contributed by atoms with van der Waals surface area (Å²) in [6.07, 6.45) is 43.8. The molecule has 0 amide bonds. The maximum atomic E-state index is 12.7. The summed E-state index contributed by atoms with van der Waals surface area (Å²) in [4.78, 5) is 25.3. The van der Waals surface area contributed by atoms with Gasteiger partial charge in [-0.25, -0.2) is 0 Å². The van der Waals surface area contributed by atoms with Crippen LogP contribution >= 0.6 is 0 Å². The van der Waals surface area contributed by atoms with Crippen LogP contribution in [-0.2, 0) is 38.7 Å². The van der Waals surface area contributed by atoms with Crippen molar-refractivity contribution in [2.45, 2.75) is 134 Å². The summed E-state index contributed by atoms with van der Waals surface area (Å²) < 4.78 is 53.8. The molecule has 4 N–H and O–H groups in total. The lowest BCUT2D eigenvalue weighted by Crippen LogP contribution is -2.60. The minimum atomic E-state index is -4.63. The van der Waals surface area contributed by atoms with Crippen molar-refractivity contribution >= 4 is 22.1 Å². The number of hydrogen-bond acceptors (Lipinski definition) is 11. The summed E-state index contributed by atoms with van der Waals surface area (Å²) in [6.45, 7) is 3.35. The van der Waals surface area contributed by atoms with E-state index < -0.39 is 71.2 Å². The third kappa shape index (κ3) is 31.3. The highest BCUT2D eigenvalue weighted by Gasteiger charge is 2.46. The van der Waals surface area contributed by atoms with Crippen molar-refractivity contribution in [2.75, 3.05) is 19.0 Å².